The molecular formula is C18H14FNS. The number of hydrogen-bond acceptors (Lipinski definition) is 2. The Morgan fingerprint density at radius 2 is 1.86 bits per heavy atom. The highest BCUT2D eigenvalue weighted by Crippen LogP contribution is 2.23. The van der Waals surface area contributed by atoms with Gasteiger partial charge in [-0.15, -0.1) is 11.3 Å². The fourth-order valence-electron chi connectivity index (χ4n) is 2.06. The Bertz CT molecular complexity index is 772. The summed E-state index contributed by atoms with van der Waals surface area (Å²) >= 11 is 1.58. The predicted octanol–water partition coefficient (Wildman–Crippen LogP) is 5.43. The largest absolute Gasteiger partial charge is 0.237 e. The highest BCUT2D eigenvalue weighted by molar-refractivity contribution is 7.10. The zero-order chi connectivity index (χ0) is 14.7. The predicted molar refractivity (Wildman–Crippen MR) is 87.6 cm³/mol. The molecule has 1 heterocycles. The van der Waals surface area contributed by atoms with Gasteiger partial charge in [0.15, 0.2) is 0 Å². The van der Waals surface area contributed by atoms with Crippen LogP contribution in [0, 0.1) is 12.7 Å². The maximum atomic E-state index is 12.9. The second-order valence-electron chi connectivity index (χ2n) is 4.83. The second-order valence-corrected chi connectivity index (χ2v) is 5.72. The standard InChI is InChI=1S/C18H14FNS/c1-13-3-2-4-14(11-13)5-10-18-20-17(12-21-18)15-6-8-16(19)9-7-15/h2-12H,1H3/b10-5+. The molecule has 0 bridgehead atoms. The van der Waals surface area contributed by atoms with Gasteiger partial charge < -0.3 is 0 Å². The Labute approximate surface area is 127 Å². The van der Waals surface area contributed by atoms with Crippen molar-refractivity contribution < 1.29 is 4.39 Å². The highest BCUT2D eigenvalue weighted by atomic mass is 32.1. The molecule has 21 heavy (non-hydrogen) atoms. The fourth-order valence-corrected chi connectivity index (χ4v) is 2.78. The van der Waals surface area contributed by atoms with E-state index in [1.54, 1.807) is 23.5 Å². The molecule has 104 valence electrons. The lowest BCUT2D eigenvalue weighted by molar-refractivity contribution is 0.628. The molecule has 3 heteroatoms. The normalized spacial score (nSPS) is 11.1. The van der Waals surface area contributed by atoms with Crippen LogP contribution in [0.1, 0.15) is 16.1 Å². The fraction of sp³-hybridized carbons (Fsp3) is 0.0556. The van der Waals surface area contributed by atoms with Crippen LogP contribution in [0.25, 0.3) is 23.4 Å². The molecule has 0 spiro atoms. The monoisotopic (exact) mass is 295 g/mol. The molecule has 0 fully saturated rings. The van der Waals surface area contributed by atoms with Gasteiger partial charge in [-0.2, -0.15) is 0 Å². The molecule has 0 aliphatic carbocycles. The number of nitrogens with zero attached hydrogens (tertiary/aromatic N) is 1. The summed E-state index contributed by atoms with van der Waals surface area (Å²) in [6.45, 7) is 2.08. The van der Waals surface area contributed by atoms with Gasteiger partial charge in [0.25, 0.3) is 0 Å². The average Bonchev–Trinajstić information content (AvgIpc) is 2.95. The van der Waals surface area contributed by atoms with Crippen LogP contribution in [0.5, 0.6) is 0 Å². The van der Waals surface area contributed by atoms with Crippen LogP contribution in [0.2, 0.25) is 0 Å². The van der Waals surface area contributed by atoms with Gasteiger partial charge in [-0.3, -0.25) is 0 Å². The number of hydrogen-bond donors (Lipinski definition) is 0. The van der Waals surface area contributed by atoms with Gasteiger partial charge in [0.1, 0.15) is 10.8 Å². The third-order valence-corrected chi connectivity index (χ3v) is 3.93. The molecule has 0 aliphatic rings. The highest BCUT2D eigenvalue weighted by Gasteiger charge is 2.02. The van der Waals surface area contributed by atoms with E-state index < -0.39 is 0 Å². The quantitative estimate of drug-likeness (QED) is 0.628. The number of halogens is 1. The van der Waals surface area contributed by atoms with Crippen molar-refractivity contribution in [1.82, 2.24) is 4.98 Å². The maximum Gasteiger partial charge on any atom is 0.123 e. The zero-order valence-corrected chi connectivity index (χ0v) is 12.4. The summed E-state index contributed by atoms with van der Waals surface area (Å²) in [7, 11) is 0. The molecule has 1 nitrogen and oxygen atoms in total. The minimum atomic E-state index is -0.228. The summed E-state index contributed by atoms with van der Waals surface area (Å²) in [5.74, 6) is -0.228. The van der Waals surface area contributed by atoms with Crippen molar-refractivity contribution in [3.63, 3.8) is 0 Å². The van der Waals surface area contributed by atoms with Gasteiger partial charge in [0.2, 0.25) is 0 Å². The third kappa shape index (κ3) is 3.44. The molecule has 1 aromatic heterocycles. The van der Waals surface area contributed by atoms with Crippen molar-refractivity contribution in [3.05, 3.63) is 75.9 Å². The molecule has 0 saturated heterocycles. The number of aryl methyl sites for hydroxylation is 1. The van der Waals surface area contributed by atoms with Gasteiger partial charge in [-0.1, -0.05) is 35.9 Å². The summed E-state index contributed by atoms with van der Waals surface area (Å²) in [4.78, 5) is 4.56. The van der Waals surface area contributed by atoms with Crippen molar-refractivity contribution in [2.75, 3.05) is 0 Å². The van der Waals surface area contributed by atoms with Crippen LogP contribution in [0.3, 0.4) is 0 Å². The van der Waals surface area contributed by atoms with E-state index >= 15 is 0 Å². The molecule has 3 aromatic rings. The van der Waals surface area contributed by atoms with Crippen LogP contribution in [-0.4, -0.2) is 4.98 Å². The van der Waals surface area contributed by atoms with E-state index in [-0.39, 0.29) is 5.82 Å². The van der Waals surface area contributed by atoms with E-state index in [2.05, 4.69) is 36.2 Å². The lowest BCUT2D eigenvalue weighted by Crippen LogP contribution is -1.79. The Morgan fingerprint density at radius 1 is 1.05 bits per heavy atom. The first kappa shape index (κ1) is 13.7. The molecule has 0 amide bonds. The van der Waals surface area contributed by atoms with Gasteiger partial charge in [0, 0.05) is 10.9 Å². The molecule has 0 atom stereocenters. The van der Waals surface area contributed by atoms with E-state index in [0.29, 0.717) is 0 Å². The van der Waals surface area contributed by atoms with Crippen LogP contribution in [0.15, 0.2) is 53.9 Å². The van der Waals surface area contributed by atoms with Crippen molar-refractivity contribution in [3.8, 4) is 11.3 Å². The molecule has 0 radical (unpaired) electrons. The third-order valence-electron chi connectivity index (χ3n) is 3.12. The van der Waals surface area contributed by atoms with Gasteiger partial charge in [-0.25, -0.2) is 9.37 Å². The van der Waals surface area contributed by atoms with Crippen LogP contribution < -0.4 is 0 Å². The van der Waals surface area contributed by atoms with Crippen LogP contribution >= 0.6 is 11.3 Å². The van der Waals surface area contributed by atoms with Crippen molar-refractivity contribution in [1.29, 1.82) is 0 Å². The number of thiazole rings is 1. The number of rotatable bonds is 3. The second kappa shape index (κ2) is 6.02. The summed E-state index contributed by atoms with van der Waals surface area (Å²) in [6, 6.07) is 14.7. The van der Waals surface area contributed by atoms with Crippen molar-refractivity contribution in [2.24, 2.45) is 0 Å². The minimum absolute atomic E-state index is 0.228. The SMILES string of the molecule is Cc1cccc(/C=C/c2nc(-c3ccc(F)cc3)cs2)c1. The Kier molecular flexibility index (Phi) is 3.93. The maximum absolute atomic E-state index is 12.9. The van der Waals surface area contributed by atoms with Gasteiger partial charge in [-0.05, 0) is 42.8 Å². The number of aromatic nitrogens is 1. The Hall–Kier alpha value is -2.26. The van der Waals surface area contributed by atoms with Gasteiger partial charge in [0.05, 0.1) is 5.69 Å². The van der Waals surface area contributed by atoms with Crippen molar-refractivity contribution >= 4 is 23.5 Å². The Morgan fingerprint density at radius 3 is 2.62 bits per heavy atom. The molecule has 2 aromatic carbocycles. The lowest BCUT2D eigenvalue weighted by atomic mass is 10.1. The molecular weight excluding hydrogens is 281 g/mol. The first-order chi connectivity index (χ1) is 10.2. The van der Waals surface area contributed by atoms with E-state index in [1.165, 1.54) is 17.7 Å². The first-order valence-electron chi connectivity index (χ1n) is 6.67. The summed E-state index contributed by atoms with van der Waals surface area (Å²) < 4.78 is 12.9. The summed E-state index contributed by atoms with van der Waals surface area (Å²) in [5, 5.41) is 2.93. The number of benzene rings is 2. The van der Waals surface area contributed by atoms with Crippen molar-refractivity contribution in [2.45, 2.75) is 6.92 Å². The minimum Gasteiger partial charge on any atom is -0.237 e. The lowest BCUT2D eigenvalue weighted by Gasteiger charge is -1.95. The van der Waals surface area contributed by atoms with E-state index in [4.69, 9.17) is 0 Å². The molecule has 3 rings (SSSR count). The summed E-state index contributed by atoms with van der Waals surface area (Å²) in [5.41, 5.74) is 4.21. The molecule has 0 unspecified atom stereocenters. The molecule has 0 N–H and O–H groups in total. The van der Waals surface area contributed by atoms with E-state index in [0.717, 1.165) is 21.8 Å². The molecule has 0 saturated carbocycles. The van der Waals surface area contributed by atoms with E-state index in [1.807, 2.05) is 17.5 Å². The Balaban J connectivity index is 1.80. The summed E-state index contributed by atoms with van der Waals surface area (Å²) in [6.07, 6.45) is 4.06. The smallest absolute Gasteiger partial charge is 0.123 e. The topological polar surface area (TPSA) is 12.9 Å². The molecule has 0 aliphatic heterocycles. The zero-order valence-electron chi connectivity index (χ0n) is 11.6. The average molecular weight is 295 g/mol. The van der Waals surface area contributed by atoms with Crippen LogP contribution in [0.4, 0.5) is 4.39 Å². The van der Waals surface area contributed by atoms with E-state index in [9.17, 15) is 4.39 Å². The van der Waals surface area contributed by atoms with Crippen LogP contribution in [-0.2, 0) is 0 Å². The first-order valence-corrected chi connectivity index (χ1v) is 7.55. The van der Waals surface area contributed by atoms with Gasteiger partial charge >= 0.3 is 0 Å².